The molecule has 6 nitrogen and oxygen atoms in total. The first-order valence-corrected chi connectivity index (χ1v) is 14.1. The summed E-state index contributed by atoms with van der Waals surface area (Å²) < 4.78 is 11.3. The first-order valence-electron chi connectivity index (χ1n) is 14.1. The van der Waals surface area contributed by atoms with Gasteiger partial charge in [-0.25, -0.2) is 0 Å². The fourth-order valence-electron chi connectivity index (χ4n) is 8.45. The van der Waals surface area contributed by atoms with Gasteiger partial charge in [0.1, 0.15) is 13.2 Å². The average Bonchev–Trinajstić information content (AvgIpc) is 2.87. The lowest BCUT2D eigenvalue weighted by Crippen LogP contribution is -2.47. The number of anilines is 1. The van der Waals surface area contributed by atoms with Crippen molar-refractivity contribution in [1.29, 1.82) is 0 Å². The van der Waals surface area contributed by atoms with E-state index >= 15 is 0 Å². The van der Waals surface area contributed by atoms with Crippen molar-refractivity contribution in [2.45, 2.75) is 57.8 Å². The Labute approximate surface area is 218 Å². The van der Waals surface area contributed by atoms with Gasteiger partial charge in [-0.05, 0) is 110 Å². The van der Waals surface area contributed by atoms with Crippen molar-refractivity contribution in [1.82, 2.24) is 4.90 Å². The quantitative estimate of drug-likeness (QED) is 0.589. The lowest BCUT2D eigenvalue weighted by molar-refractivity contribution is -0.124. The molecule has 2 aromatic rings. The summed E-state index contributed by atoms with van der Waals surface area (Å²) in [5, 5.41) is 3.23. The SMILES string of the molecule is O=C(CC12CC3CC(CC(C3)C1)C2)Nc1cccc2c1CCN(CCc1ccc3c(c1)OCCO3)C2=O. The number of fused-ring (bicyclic) bond motifs is 2. The lowest BCUT2D eigenvalue weighted by Gasteiger charge is -2.56. The Balaban J connectivity index is 1.01. The van der Waals surface area contributed by atoms with E-state index in [1.165, 1.54) is 38.5 Å². The second-order valence-electron chi connectivity index (χ2n) is 12.2. The summed E-state index contributed by atoms with van der Waals surface area (Å²) in [6.07, 6.45) is 10.0. The molecule has 1 N–H and O–H groups in total. The van der Waals surface area contributed by atoms with Gasteiger partial charge in [-0.3, -0.25) is 9.59 Å². The molecular formula is C31H36N2O4. The summed E-state index contributed by atoms with van der Waals surface area (Å²) in [4.78, 5) is 28.6. The molecule has 2 heterocycles. The Kier molecular flexibility index (Phi) is 5.67. The molecule has 8 rings (SSSR count). The minimum Gasteiger partial charge on any atom is -0.486 e. The van der Waals surface area contributed by atoms with Crippen LogP contribution in [0.25, 0.3) is 0 Å². The number of amides is 2. The second-order valence-corrected chi connectivity index (χ2v) is 12.2. The molecule has 4 bridgehead atoms. The maximum atomic E-state index is 13.4. The van der Waals surface area contributed by atoms with Crippen LogP contribution in [0.5, 0.6) is 11.5 Å². The van der Waals surface area contributed by atoms with Gasteiger partial charge in [0.05, 0.1) is 0 Å². The third kappa shape index (κ3) is 4.38. The van der Waals surface area contributed by atoms with Crippen LogP contribution >= 0.6 is 0 Å². The van der Waals surface area contributed by atoms with E-state index in [0.29, 0.717) is 32.7 Å². The van der Waals surface area contributed by atoms with E-state index in [9.17, 15) is 9.59 Å². The van der Waals surface area contributed by atoms with Crippen LogP contribution in [-0.2, 0) is 17.6 Å². The zero-order chi connectivity index (χ0) is 25.0. The molecule has 37 heavy (non-hydrogen) atoms. The molecule has 2 aromatic carbocycles. The number of hydrogen-bond donors (Lipinski definition) is 1. The molecule has 6 aliphatic rings. The fourth-order valence-corrected chi connectivity index (χ4v) is 8.45. The van der Waals surface area contributed by atoms with Gasteiger partial charge in [0.2, 0.25) is 5.91 Å². The van der Waals surface area contributed by atoms with Gasteiger partial charge in [-0.15, -0.1) is 0 Å². The third-order valence-electron chi connectivity index (χ3n) is 9.58. The molecule has 2 aliphatic heterocycles. The second kappa shape index (κ2) is 9.07. The molecule has 0 radical (unpaired) electrons. The van der Waals surface area contributed by atoms with Crippen LogP contribution in [0.2, 0.25) is 0 Å². The predicted molar refractivity (Wildman–Crippen MR) is 141 cm³/mol. The molecule has 0 saturated heterocycles. The van der Waals surface area contributed by atoms with Gasteiger partial charge in [0, 0.05) is 30.8 Å². The van der Waals surface area contributed by atoms with E-state index in [2.05, 4.69) is 5.32 Å². The van der Waals surface area contributed by atoms with Crippen molar-refractivity contribution in [3.05, 3.63) is 53.1 Å². The highest BCUT2D eigenvalue weighted by molar-refractivity contribution is 6.00. The Morgan fingerprint density at radius 3 is 2.46 bits per heavy atom. The van der Waals surface area contributed by atoms with Gasteiger partial charge in [-0.2, -0.15) is 0 Å². The number of nitrogens with zero attached hydrogens (tertiary/aromatic N) is 1. The van der Waals surface area contributed by atoms with Crippen molar-refractivity contribution >= 4 is 17.5 Å². The highest BCUT2D eigenvalue weighted by Gasteiger charge is 2.51. The summed E-state index contributed by atoms with van der Waals surface area (Å²) in [6.45, 7) is 2.47. The average molecular weight is 501 g/mol. The van der Waals surface area contributed by atoms with E-state index < -0.39 is 0 Å². The van der Waals surface area contributed by atoms with E-state index in [1.807, 2.05) is 41.3 Å². The molecule has 4 fully saturated rings. The number of carbonyl (C=O) groups is 2. The Morgan fingerprint density at radius 2 is 1.70 bits per heavy atom. The summed E-state index contributed by atoms with van der Waals surface area (Å²) in [5.74, 6) is 4.28. The predicted octanol–water partition coefficient (Wildman–Crippen LogP) is 5.24. The molecule has 0 spiro atoms. The maximum Gasteiger partial charge on any atom is 0.254 e. The zero-order valence-electron chi connectivity index (χ0n) is 21.5. The fraction of sp³-hybridized carbons (Fsp3) is 0.548. The van der Waals surface area contributed by atoms with Gasteiger partial charge in [0.25, 0.3) is 5.91 Å². The first kappa shape index (κ1) is 23.1. The number of carbonyl (C=O) groups excluding carboxylic acids is 2. The summed E-state index contributed by atoms with van der Waals surface area (Å²) in [6, 6.07) is 11.8. The number of benzene rings is 2. The van der Waals surface area contributed by atoms with Gasteiger partial charge in [-0.1, -0.05) is 12.1 Å². The lowest BCUT2D eigenvalue weighted by atomic mass is 9.49. The third-order valence-corrected chi connectivity index (χ3v) is 9.58. The van der Waals surface area contributed by atoms with Crippen molar-refractivity contribution in [3.8, 4) is 11.5 Å². The normalized spacial score (nSPS) is 29.2. The molecule has 2 amide bonds. The van der Waals surface area contributed by atoms with Crippen molar-refractivity contribution < 1.29 is 19.1 Å². The highest BCUT2D eigenvalue weighted by atomic mass is 16.6. The van der Waals surface area contributed by atoms with Crippen LogP contribution in [0.4, 0.5) is 5.69 Å². The number of nitrogens with one attached hydrogen (secondary N) is 1. The molecule has 0 aromatic heterocycles. The highest BCUT2D eigenvalue weighted by Crippen LogP contribution is 2.61. The Hall–Kier alpha value is -3.02. The number of ether oxygens (including phenoxy) is 2. The first-order chi connectivity index (χ1) is 18.0. The zero-order valence-corrected chi connectivity index (χ0v) is 21.5. The summed E-state index contributed by atoms with van der Waals surface area (Å²) in [7, 11) is 0. The van der Waals surface area contributed by atoms with Crippen LogP contribution in [0.15, 0.2) is 36.4 Å². The van der Waals surface area contributed by atoms with E-state index in [-0.39, 0.29) is 17.2 Å². The molecule has 6 heteroatoms. The van der Waals surface area contributed by atoms with Crippen molar-refractivity contribution in [2.75, 3.05) is 31.6 Å². The molecule has 0 unspecified atom stereocenters. The van der Waals surface area contributed by atoms with Crippen LogP contribution in [0.3, 0.4) is 0 Å². The smallest absolute Gasteiger partial charge is 0.254 e. The molecule has 4 saturated carbocycles. The van der Waals surface area contributed by atoms with Gasteiger partial charge >= 0.3 is 0 Å². The van der Waals surface area contributed by atoms with Crippen molar-refractivity contribution in [3.63, 3.8) is 0 Å². The van der Waals surface area contributed by atoms with Gasteiger partial charge in [0.15, 0.2) is 11.5 Å². The van der Waals surface area contributed by atoms with E-state index in [1.54, 1.807) is 0 Å². The molecule has 4 aliphatic carbocycles. The maximum absolute atomic E-state index is 13.4. The van der Waals surface area contributed by atoms with Crippen LogP contribution in [0.1, 0.15) is 66.4 Å². The molecule has 194 valence electrons. The Morgan fingerprint density at radius 1 is 0.973 bits per heavy atom. The molecular weight excluding hydrogens is 464 g/mol. The number of rotatable bonds is 6. The minimum absolute atomic E-state index is 0.0518. The summed E-state index contributed by atoms with van der Waals surface area (Å²) >= 11 is 0. The molecule has 0 atom stereocenters. The van der Waals surface area contributed by atoms with Gasteiger partial charge < -0.3 is 19.7 Å². The monoisotopic (exact) mass is 500 g/mol. The van der Waals surface area contributed by atoms with Crippen LogP contribution in [0, 0.1) is 23.2 Å². The van der Waals surface area contributed by atoms with E-state index in [0.717, 1.165) is 64.5 Å². The minimum atomic E-state index is 0.0518. The Bertz CT molecular complexity index is 1200. The standard InChI is InChI=1S/C31H36N2O4/c34-29(19-31-16-21-12-22(17-31)14-23(13-21)18-31)32-26-3-1-2-25-24(26)7-9-33(30(25)35)8-6-20-4-5-27-28(15-20)37-11-10-36-27/h1-5,15,21-23H,6-14,16-19H2,(H,32,34). The topological polar surface area (TPSA) is 67.9 Å². The summed E-state index contributed by atoms with van der Waals surface area (Å²) in [5.41, 5.74) is 3.89. The van der Waals surface area contributed by atoms with Crippen LogP contribution < -0.4 is 14.8 Å². The number of hydrogen-bond acceptors (Lipinski definition) is 4. The largest absolute Gasteiger partial charge is 0.486 e. The van der Waals surface area contributed by atoms with E-state index in [4.69, 9.17) is 9.47 Å². The van der Waals surface area contributed by atoms with Crippen molar-refractivity contribution in [2.24, 2.45) is 23.2 Å². The van der Waals surface area contributed by atoms with Crippen LogP contribution in [-0.4, -0.2) is 43.0 Å².